The molecule has 1 aliphatic heterocycles. The van der Waals surface area contributed by atoms with E-state index < -0.39 is 11.6 Å². The molecule has 1 saturated heterocycles. The zero-order valence-electron chi connectivity index (χ0n) is 16.0. The average molecular weight is 369 g/mol. The molecule has 1 saturated carbocycles. The molecule has 1 aromatic heterocycles. The molecule has 1 amide bonds. The minimum atomic E-state index is -0.616. The number of aromatic nitrogens is 2. The van der Waals surface area contributed by atoms with Crippen molar-refractivity contribution in [3.05, 3.63) is 30.0 Å². The van der Waals surface area contributed by atoms with Gasteiger partial charge >= 0.3 is 5.97 Å². The number of fused-ring (bicyclic) bond motifs is 1. The van der Waals surface area contributed by atoms with Crippen LogP contribution in [0, 0.1) is 5.92 Å². The van der Waals surface area contributed by atoms with Crippen LogP contribution in [0.25, 0.3) is 10.9 Å². The second kappa shape index (κ2) is 6.98. The summed E-state index contributed by atoms with van der Waals surface area (Å²) in [6.07, 6.45) is 6.78. The van der Waals surface area contributed by atoms with E-state index in [2.05, 4.69) is 10.4 Å². The van der Waals surface area contributed by atoms with Crippen LogP contribution in [0.3, 0.4) is 0 Å². The molecule has 0 radical (unpaired) electrons. The van der Waals surface area contributed by atoms with Crippen molar-refractivity contribution in [2.75, 3.05) is 0 Å². The predicted molar refractivity (Wildman–Crippen MR) is 102 cm³/mol. The molecule has 6 nitrogen and oxygen atoms in total. The number of carbonyl (C=O) groups excluding carboxylic acids is 2. The highest BCUT2D eigenvalue weighted by Gasteiger charge is 2.41. The van der Waals surface area contributed by atoms with Crippen LogP contribution in [-0.2, 0) is 16.1 Å². The van der Waals surface area contributed by atoms with Gasteiger partial charge in [0.1, 0.15) is 11.6 Å². The highest BCUT2D eigenvalue weighted by Crippen LogP contribution is 2.28. The lowest BCUT2D eigenvalue weighted by Gasteiger charge is -2.21. The molecule has 1 aliphatic carbocycles. The van der Waals surface area contributed by atoms with E-state index in [0.29, 0.717) is 18.0 Å². The van der Waals surface area contributed by atoms with E-state index in [1.807, 2.05) is 42.8 Å². The summed E-state index contributed by atoms with van der Waals surface area (Å²) >= 11 is 0. The van der Waals surface area contributed by atoms with Crippen molar-refractivity contribution >= 4 is 22.8 Å². The number of amides is 1. The van der Waals surface area contributed by atoms with E-state index in [0.717, 1.165) is 17.4 Å². The Bertz CT molecular complexity index is 865. The van der Waals surface area contributed by atoms with E-state index in [9.17, 15) is 9.59 Å². The maximum atomic E-state index is 12.9. The lowest BCUT2D eigenvalue weighted by Crippen LogP contribution is -2.38. The Morgan fingerprint density at radius 2 is 2.00 bits per heavy atom. The smallest absolute Gasteiger partial charge is 0.329 e. The fourth-order valence-electron chi connectivity index (χ4n) is 4.35. The minimum Gasteiger partial charge on any atom is -0.458 e. The van der Waals surface area contributed by atoms with Crippen LogP contribution in [0.2, 0.25) is 0 Å². The number of esters is 1. The van der Waals surface area contributed by atoms with Crippen LogP contribution in [-0.4, -0.2) is 33.3 Å². The second-order valence-electron chi connectivity index (χ2n) is 8.46. The maximum absolute atomic E-state index is 12.9. The number of hydrogen-bond donors (Lipinski definition) is 1. The zero-order chi connectivity index (χ0) is 19.0. The van der Waals surface area contributed by atoms with Gasteiger partial charge in [-0.1, -0.05) is 37.5 Å². The van der Waals surface area contributed by atoms with Gasteiger partial charge < -0.3 is 10.1 Å². The molecule has 2 aliphatic rings. The van der Waals surface area contributed by atoms with Gasteiger partial charge in [0.05, 0.1) is 5.52 Å². The molecule has 1 N–H and O–H groups in total. The molecule has 0 spiro atoms. The first kappa shape index (κ1) is 18.0. The highest BCUT2D eigenvalue weighted by atomic mass is 16.6. The van der Waals surface area contributed by atoms with Gasteiger partial charge in [0.15, 0.2) is 5.69 Å². The van der Waals surface area contributed by atoms with Gasteiger partial charge in [0.25, 0.3) is 5.91 Å². The Morgan fingerprint density at radius 3 is 2.70 bits per heavy atom. The average Bonchev–Trinajstić information content (AvgIpc) is 3.12. The molecule has 2 heterocycles. The number of ether oxygens (including phenoxy) is 1. The number of hydrogen-bond acceptors (Lipinski definition) is 4. The number of benzene rings is 1. The van der Waals surface area contributed by atoms with E-state index in [1.165, 1.54) is 32.1 Å². The molecule has 144 valence electrons. The zero-order valence-corrected chi connectivity index (χ0v) is 16.0. The highest BCUT2D eigenvalue weighted by molar-refractivity contribution is 6.06. The van der Waals surface area contributed by atoms with E-state index in [-0.39, 0.29) is 11.9 Å². The summed E-state index contributed by atoms with van der Waals surface area (Å²) < 4.78 is 7.28. The topological polar surface area (TPSA) is 73.2 Å². The van der Waals surface area contributed by atoms with Gasteiger partial charge in [0, 0.05) is 18.4 Å². The third-order valence-corrected chi connectivity index (χ3v) is 5.69. The number of para-hydroxylation sites is 1. The normalized spacial score (nSPS) is 22.7. The summed E-state index contributed by atoms with van der Waals surface area (Å²) in [5.74, 6) is -0.0730. The van der Waals surface area contributed by atoms with E-state index in [4.69, 9.17) is 4.74 Å². The number of carbonyl (C=O) groups is 2. The molecule has 2 aromatic rings. The van der Waals surface area contributed by atoms with Crippen LogP contribution in [0.1, 0.15) is 62.9 Å². The first-order valence-corrected chi connectivity index (χ1v) is 9.92. The second-order valence-corrected chi connectivity index (χ2v) is 8.46. The fraction of sp³-hybridized carbons (Fsp3) is 0.571. The molecule has 1 atom stereocenters. The Kier molecular flexibility index (Phi) is 4.66. The van der Waals surface area contributed by atoms with Crippen molar-refractivity contribution < 1.29 is 14.3 Å². The molecule has 0 bridgehead atoms. The first-order chi connectivity index (χ1) is 12.9. The Balaban J connectivity index is 1.58. The number of nitrogens with zero attached hydrogens (tertiary/aromatic N) is 2. The third-order valence-electron chi connectivity index (χ3n) is 5.69. The van der Waals surface area contributed by atoms with Gasteiger partial charge in [0.2, 0.25) is 0 Å². The van der Waals surface area contributed by atoms with Crippen LogP contribution in [0.5, 0.6) is 0 Å². The molecular weight excluding hydrogens is 342 g/mol. The van der Waals surface area contributed by atoms with Crippen molar-refractivity contribution in [2.45, 2.75) is 70.6 Å². The van der Waals surface area contributed by atoms with Crippen LogP contribution in [0.15, 0.2) is 24.3 Å². The standard InChI is InChI=1S/C21H27N3O3/c1-21(2)12-16(20(26)27-21)22-19(25)18-15-10-6-7-11-17(15)24(23-18)13-14-8-4-3-5-9-14/h6-7,10-11,14,16H,3-5,8-9,12-13H2,1-2H3,(H,22,25)/t16-/m1/s1. The monoisotopic (exact) mass is 369 g/mol. The number of cyclic esters (lactones) is 1. The van der Waals surface area contributed by atoms with Crippen LogP contribution < -0.4 is 5.32 Å². The minimum absolute atomic E-state index is 0.312. The summed E-state index contributed by atoms with van der Waals surface area (Å²) in [5, 5.41) is 8.29. The van der Waals surface area contributed by atoms with E-state index in [1.54, 1.807) is 0 Å². The van der Waals surface area contributed by atoms with Crippen molar-refractivity contribution in [3.63, 3.8) is 0 Å². The van der Waals surface area contributed by atoms with Gasteiger partial charge in [-0.3, -0.25) is 9.48 Å². The van der Waals surface area contributed by atoms with Crippen LogP contribution >= 0.6 is 0 Å². The van der Waals surface area contributed by atoms with Gasteiger partial charge in [-0.05, 0) is 38.7 Å². The molecule has 0 unspecified atom stereocenters. The Morgan fingerprint density at radius 1 is 1.26 bits per heavy atom. The molecule has 1 aromatic carbocycles. The number of rotatable bonds is 4. The molecule has 27 heavy (non-hydrogen) atoms. The quantitative estimate of drug-likeness (QED) is 0.838. The molecule has 2 fully saturated rings. The maximum Gasteiger partial charge on any atom is 0.329 e. The summed E-state index contributed by atoms with van der Waals surface area (Å²) in [4.78, 5) is 24.9. The summed E-state index contributed by atoms with van der Waals surface area (Å²) in [5.41, 5.74) is 0.818. The summed E-state index contributed by atoms with van der Waals surface area (Å²) in [6, 6.07) is 7.20. The lowest BCUT2D eigenvalue weighted by atomic mass is 9.89. The van der Waals surface area contributed by atoms with Crippen molar-refractivity contribution in [3.8, 4) is 0 Å². The SMILES string of the molecule is CC1(C)C[C@@H](NC(=O)c2nn(CC3CCCCC3)c3ccccc23)C(=O)O1. The van der Waals surface area contributed by atoms with Gasteiger partial charge in [-0.2, -0.15) is 5.10 Å². The third kappa shape index (κ3) is 3.70. The summed E-state index contributed by atoms with van der Waals surface area (Å²) in [7, 11) is 0. The van der Waals surface area contributed by atoms with Crippen LogP contribution in [0.4, 0.5) is 0 Å². The van der Waals surface area contributed by atoms with Crippen molar-refractivity contribution in [1.82, 2.24) is 15.1 Å². The van der Waals surface area contributed by atoms with Gasteiger partial charge in [-0.15, -0.1) is 0 Å². The summed E-state index contributed by atoms with van der Waals surface area (Å²) in [6.45, 7) is 4.54. The van der Waals surface area contributed by atoms with E-state index >= 15 is 0 Å². The molecular formula is C21H27N3O3. The lowest BCUT2D eigenvalue weighted by molar-refractivity contribution is -0.147. The first-order valence-electron chi connectivity index (χ1n) is 9.92. The largest absolute Gasteiger partial charge is 0.458 e. The molecule has 4 rings (SSSR count). The predicted octanol–water partition coefficient (Wildman–Crippen LogP) is 3.44. The van der Waals surface area contributed by atoms with Gasteiger partial charge in [-0.25, -0.2) is 4.79 Å². The molecule has 6 heteroatoms. The Hall–Kier alpha value is -2.37. The van der Waals surface area contributed by atoms with Crippen molar-refractivity contribution in [2.24, 2.45) is 5.92 Å². The Labute approximate surface area is 159 Å². The number of nitrogens with one attached hydrogen (secondary N) is 1. The van der Waals surface area contributed by atoms with Crippen molar-refractivity contribution in [1.29, 1.82) is 0 Å². The fourth-order valence-corrected chi connectivity index (χ4v) is 4.35.